The van der Waals surface area contributed by atoms with Crippen molar-refractivity contribution in [2.75, 3.05) is 6.54 Å². The summed E-state index contributed by atoms with van der Waals surface area (Å²) in [6.07, 6.45) is 4.11. The summed E-state index contributed by atoms with van der Waals surface area (Å²) in [5.41, 5.74) is 2.36. The van der Waals surface area contributed by atoms with Crippen LogP contribution in [0.5, 0.6) is 0 Å². The number of ketones is 1. The Labute approximate surface area is 167 Å². The summed E-state index contributed by atoms with van der Waals surface area (Å²) in [6.45, 7) is 4.97. The van der Waals surface area contributed by atoms with Crippen LogP contribution in [-0.2, 0) is 4.79 Å². The number of benzene rings is 2. The average Bonchev–Trinajstić information content (AvgIpc) is 3.13. The lowest BCUT2D eigenvalue weighted by molar-refractivity contribution is -0.113. The third kappa shape index (κ3) is 4.86. The van der Waals surface area contributed by atoms with Crippen LogP contribution in [0.4, 0.5) is 4.39 Å². The van der Waals surface area contributed by atoms with Crippen LogP contribution >= 0.6 is 0 Å². The van der Waals surface area contributed by atoms with E-state index in [1.807, 2.05) is 47.5 Å². The lowest BCUT2D eigenvalue weighted by Crippen LogP contribution is -2.21. The first-order valence-corrected chi connectivity index (χ1v) is 10.3. The first kappa shape index (κ1) is 20.2. The first-order valence-electron chi connectivity index (χ1n) is 10.3. The van der Waals surface area contributed by atoms with Crippen LogP contribution < -0.4 is 0 Å². The van der Waals surface area contributed by atoms with E-state index in [-0.39, 0.29) is 23.6 Å². The van der Waals surface area contributed by atoms with E-state index >= 15 is 0 Å². The number of carbonyl (C=O) groups excluding carboxylic acids is 1. The molecule has 2 unspecified atom stereocenters. The largest absolute Gasteiger partial charge is 0.293 e. The Bertz CT molecular complexity index is 818. The third-order valence-corrected chi connectivity index (χ3v) is 5.43. The van der Waals surface area contributed by atoms with E-state index in [1.54, 1.807) is 6.07 Å². The Hall–Kier alpha value is -2.49. The number of halogens is 1. The van der Waals surface area contributed by atoms with Gasteiger partial charge < -0.3 is 0 Å². The molecule has 0 N–H and O–H groups in total. The second kappa shape index (κ2) is 9.63. The first-order chi connectivity index (χ1) is 13.6. The number of rotatable bonds is 9. The highest BCUT2D eigenvalue weighted by atomic mass is 19.1. The molecule has 28 heavy (non-hydrogen) atoms. The van der Waals surface area contributed by atoms with Gasteiger partial charge in [-0.25, -0.2) is 4.39 Å². The maximum atomic E-state index is 14.4. The molecule has 148 valence electrons. The summed E-state index contributed by atoms with van der Waals surface area (Å²) < 4.78 is 14.4. The maximum Gasteiger partial charge on any atom is 0.179 e. The predicted molar refractivity (Wildman–Crippen MR) is 112 cm³/mol. The van der Waals surface area contributed by atoms with Gasteiger partial charge in [0.15, 0.2) is 5.78 Å². The molecule has 0 aliphatic carbocycles. The molecule has 1 aliphatic heterocycles. The SMILES string of the molecule is CCCCCN1N=C(C(=O)CC(C)c2ccccc2)CC1c1ccccc1F. The monoisotopic (exact) mass is 380 g/mol. The van der Waals surface area contributed by atoms with E-state index in [9.17, 15) is 9.18 Å². The molecule has 1 heterocycles. The molecular weight excluding hydrogens is 351 g/mol. The molecule has 0 saturated carbocycles. The van der Waals surface area contributed by atoms with E-state index in [2.05, 4.69) is 18.9 Å². The third-order valence-electron chi connectivity index (χ3n) is 5.43. The van der Waals surface area contributed by atoms with E-state index in [0.29, 0.717) is 24.1 Å². The van der Waals surface area contributed by atoms with Gasteiger partial charge in [-0.3, -0.25) is 9.80 Å². The summed E-state index contributed by atoms with van der Waals surface area (Å²) >= 11 is 0. The number of carbonyl (C=O) groups is 1. The minimum Gasteiger partial charge on any atom is -0.293 e. The van der Waals surface area contributed by atoms with Gasteiger partial charge in [0.1, 0.15) is 11.5 Å². The zero-order valence-corrected chi connectivity index (χ0v) is 16.8. The van der Waals surface area contributed by atoms with Crippen LogP contribution in [0.25, 0.3) is 0 Å². The van der Waals surface area contributed by atoms with Gasteiger partial charge in [0, 0.05) is 24.9 Å². The highest BCUT2D eigenvalue weighted by Gasteiger charge is 2.32. The lowest BCUT2D eigenvalue weighted by Gasteiger charge is -2.24. The number of Topliss-reactive ketones (excluding diaryl/α,β-unsaturated/α-hetero) is 1. The van der Waals surface area contributed by atoms with Gasteiger partial charge >= 0.3 is 0 Å². The van der Waals surface area contributed by atoms with Crippen LogP contribution in [0.3, 0.4) is 0 Å². The molecule has 2 aromatic rings. The van der Waals surface area contributed by atoms with Crippen molar-refractivity contribution in [1.29, 1.82) is 0 Å². The van der Waals surface area contributed by atoms with Crippen molar-refractivity contribution >= 4 is 11.5 Å². The standard InChI is InChI=1S/C24H29FN2O/c1-3-4-10-15-27-23(20-13-8-9-14-21(20)25)17-22(26-27)24(28)16-18(2)19-11-6-5-7-12-19/h5-9,11-14,18,23H,3-4,10,15-17H2,1-2H3. The van der Waals surface area contributed by atoms with Crippen molar-refractivity contribution < 1.29 is 9.18 Å². The molecule has 0 aromatic heterocycles. The van der Waals surface area contributed by atoms with E-state index in [4.69, 9.17) is 0 Å². The smallest absolute Gasteiger partial charge is 0.179 e. The van der Waals surface area contributed by atoms with Gasteiger partial charge in [-0.2, -0.15) is 5.10 Å². The second-order valence-corrected chi connectivity index (χ2v) is 7.60. The fourth-order valence-corrected chi connectivity index (χ4v) is 3.76. The van der Waals surface area contributed by atoms with Crippen molar-refractivity contribution in [3.05, 3.63) is 71.5 Å². The summed E-state index contributed by atoms with van der Waals surface area (Å²) in [5, 5.41) is 6.56. The Morgan fingerprint density at radius 3 is 2.57 bits per heavy atom. The highest BCUT2D eigenvalue weighted by Crippen LogP contribution is 2.33. The average molecular weight is 381 g/mol. The predicted octanol–water partition coefficient (Wildman–Crippen LogP) is 5.88. The van der Waals surface area contributed by atoms with Crippen molar-refractivity contribution in [1.82, 2.24) is 5.01 Å². The van der Waals surface area contributed by atoms with Gasteiger partial charge in [0.05, 0.1) is 6.04 Å². The molecule has 0 fully saturated rings. The Morgan fingerprint density at radius 2 is 1.86 bits per heavy atom. The van der Waals surface area contributed by atoms with Crippen molar-refractivity contribution in [2.24, 2.45) is 5.10 Å². The molecule has 4 heteroatoms. The zero-order chi connectivity index (χ0) is 19.9. The van der Waals surface area contributed by atoms with Gasteiger partial charge in [-0.15, -0.1) is 0 Å². The summed E-state index contributed by atoms with van der Waals surface area (Å²) in [6, 6.07) is 16.7. The molecule has 1 aliphatic rings. The molecule has 3 rings (SSSR count). The minimum absolute atomic E-state index is 0.0654. The van der Waals surface area contributed by atoms with E-state index in [0.717, 1.165) is 31.4 Å². The quantitative estimate of drug-likeness (QED) is 0.509. The second-order valence-electron chi connectivity index (χ2n) is 7.60. The van der Waals surface area contributed by atoms with Crippen molar-refractivity contribution in [2.45, 2.75) is 57.9 Å². The van der Waals surface area contributed by atoms with Crippen LogP contribution in [0.2, 0.25) is 0 Å². The van der Waals surface area contributed by atoms with Crippen LogP contribution in [0.15, 0.2) is 59.7 Å². The van der Waals surface area contributed by atoms with Gasteiger partial charge in [0.25, 0.3) is 0 Å². The van der Waals surface area contributed by atoms with Crippen LogP contribution in [-0.4, -0.2) is 23.0 Å². The highest BCUT2D eigenvalue weighted by molar-refractivity contribution is 6.40. The Balaban J connectivity index is 1.74. The number of nitrogens with zero attached hydrogens (tertiary/aromatic N) is 2. The topological polar surface area (TPSA) is 32.7 Å². The number of hydrogen-bond donors (Lipinski definition) is 0. The Kier molecular flexibility index (Phi) is 6.96. The van der Waals surface area contributed by atoms with Gasteiger partial charge in [-0.1, -0.05) is 75.2 Å². The summed E-state index contributed by atoms with van der Waals surface area (Å²) in [4.78, 5) is 12.9. The van der Waals surface area contributed by atoms with E-state index < -0.39 is 0 Å². The zero-order valence-electron chi connectivity index (χ0n) is 16.8. The summed E-state index contributed by atoms with van der Waals surface area (Å²) in [7, 11) is 0. The maximum absolute atomic E-state index is 14.4. The molecule has 3 nitrogen and oxygen atoms in total. The van der Waals surface area contributed by atoms with Gasteiger partial charge in [0.2, 0.25) is 0 Å². The van der Waals surface area contributed by atoms with Crippen LogP contribution in [0, 0.1) is 5.82 Å². The normalized spacial score (nSPS) is 17.5. The number of unbranched alkanes of at least 4 members (excludes halogenated alkanes) is 2. The minimum atomic E-state index is -0.227. The molecule has 0 amide bonds. The molecule has 0 bridgehead atoms. The number of hydrogen-bond acceptors (Lipinski definition) is 3. The number of hydrazone groups is 1. The summed E-state index contributed by atoms with van der Waals surface area (Å²) in [5.74, 6) is -0.0253. The lowest BCUT2D eigenvalue weighted by atomic mass is 9.92. The van der Waals surface area contributed by atoms with Crippen LogP contribution in [0.1, 0.15) is 69.0 Å². The molecule has 0 saturated heterocycles. The molecule has 2 atom stereocenters. The fourth-order valence-electron chi connectivity index (χ4n) is 3.76. The molecule has 0 spiro atoms. The van der Waals surface area contributed by atoms with Crippen molar-refractivity contribution in [3.63, 3.8) is 0 Å². The van der Waals surface area contributed by atoms with Gasteiger partial charge in [-0.05, 0) is 24.0 Å². The molecule has 2 aromatic carbocycles. The van der Waals surface area contributed by atoms with E-state index in [1.165, 1.54) is 6.07 Å². The molecular formula is C24H29FN2O. The Morgan fingerprint density at radius 1 is 1.14 bits per heavy atom. The van der Waals surface area contributed by atoms with Crippen molar-refractivity contribution in [3.8, 4) is 0 Å². The fraction of sp³-hybridized carbons (Fsp3) is 0.417. The molecule has 0 radical (unpaired) electrons.